The maximum atomic E-state index is 12.2. The van der Waals surface area contributed by atoms with Crippen LogP contribution in [-0.4, -0.2) is 49.7 Å². The molecule has 4 nitrogen and oxygen atoms in total. The first-order valence-electron chi connectivity index (χ1n) is 8.30. The number of nitrogens with one attached hydrogen (secondary N) is 1. The molecule has 1 N–H and O–H groups in total. The number of rotatable bonds is 6. The molecule has 0 aliphatic carbocycles. The van der Waals surface area contributed by atoms with Crippen LogP contribution in [0.1, 0.15) is 38.2 Å². The van der Waals surface area contributed by atoms with Crippen LogP contribution in [0.5, 0.6) is 0 Å². The highest BCUT2D eigenvalue weighted by molar-refractivity contribution is 6.30. The number of halogens is 1. The topological polar surface area (TPSA) is 41.6 Å². The molecule has 0 aromatic heterocycles. The molecule has 23 heavy (non-hydrogen) atoms. The van der Waals surface area contributed by atoms with Gasteiger partial charge in [0, 0.05) is 30.3 Å². The van der Waals surface area contributed by atoms with Crippen LogP contribution in [0, 0.1) is 0 Å². The predicted octanol–water partition coefficient (Wildman–Crippen LogP) is 3.06. The number of amides is 1. The van der Waals surface area contributed by atoms with E-state index in [0.717, 1.165) is 31.1 Å². The molecule has 1 aromatic carbocycles. The van der Waals surface area contributed by atoms with Crippen molar-refractivity contribution in [2.45, 2.75) is 44.7 Å². The Bertz CT molecular complexity index is 500. The third kappa shape index (κ3) is 5.48. The second kappa shape index (κ2) is 8.67. The van der Waals surface area contributed by atoms with Gasteiger partial charge in [0.1, 0.15) is 0 Å². The van der Waals surface area contributed by atoms with Crippen molar-refractivity contribution in [3.05, 3.63) is 34.9 Å². The summed E-state index contributed by atoms with van der Waals surface area (Å²) in [6.07, 6.45) is 1.82. The average Bonchev–Trinajstić information content (AvgIpc) is 2.55. The van der Waals surface area contributed by atoms with Gasteiger partial charge in [-0.2, -0.15) is 0 Å². The summed E-state index contributed by atoms with van der Waals surface area (Å²) >= 11 is 5.95. The molecule has 0 radical (unpaired) electrons. The smallest absolute Gasteiger partial charge is 0.234 e. The van der Waals surface area contributed by atoms with E-state index in [1.54, 1.807) is 0 Å². The number of ether oxygens (including phenoxy) is 1. The first kappa shape index (κ1) is 18.2. The largest absolute Gasteiger partial charge is 0.381 e. The minimum Gasteiger partial charge on any atom is -0.381 e. The molecule has 2 rings (SSSR count). The molecule has 0 bridgehead atoms. The van der Waals surface area contributed by atoms with Gasteiger partial charge in [-0.25, -0.2) is 0 Å². The Balaban J connectivity index is 1.84. The molecule has 0 spiro atoms. The van der Waals surface area contributed by atoms with E-state index in [4.69, 9.17) is 16.3 Å². The summed E-state index contributed by atoms with van der Waals surface area (Å²) in [6.45, 7) is 6.23. The Morgan fingerprint density at radius 3 is 2.52 bits per heavy atom. The fraction of sp³-hybridized carbons (Fsp3) is 0.611. The Labute approximate surface area is 144 Å². The normalized spacial score (nSPS) is 18.7. The molecule has 2 atom stereocenters. The predicted molar refractivity (Wildman–Crippen MR) is 93.9 cm³/mol. The highest BCUT2D eigenvalue weighted by Gasteiger charge is 2.22. The van der Waals surface area contributed by atoms with Crippen LogP contribution in [-0.2, 0) is 9.53 Å². The van der Waals surface area contributed by atoms with Gasteiger partial charge >= 0.3 is 0 Å². The van der Waals surface area contributed by atoms with Gasteiger partial charge in [-0.15, -0.1) is 0 Å². The highest BCUT2D eigenvalue weighted by atomic mass is 35.5. The van der Waals surface area contributed by atoms with Gasteiger partial charge in [0.2, 0.25) is 5.91 Å². The summed E-state index contributed by atoms with van der Waals surface area (Å²) in [7, 11) is 2.00. The third-order valence-corrected chi connectivity index (χ3v) is 5.05. The molecule has 1 aromatic rings. The molecule has 128 valence electrons. The van der Waals surface area contributed by atoms with E-state index in [9.17, 15) is 4.79 Å². The highest BCUT2D eigenvalue weighted by Crippen LogP contribution is 2.23. The van der Waals surface area contributed by atoms with E-state index in [2.05, 4.69) is 36.2 Å². The second-order valence-electron chi connectivity index (χ2n) is 6.45. The number of hydrogen-bond donors (Lipinski definition) is 1. The Morgan fingerprint density at radius 1 is 1.30 bits per heavy atom. The summed E-state index contributed by atoms with van der Waals surface area (Å²) in [5.41, 5.74) is 1.23. The molecule has 1 aliphatic heterocycles. The minimum atomic E-state index is 0.0922. The van der Waals surface area contributed by atoms with E-state index >= 15 is 0 Å². The van der Waals surface area contributed by atoms with Gasteiger partial charge in [0.25, 0.3) is 0 Å². The first-order chi connectivity index (χ1) is 11.0. The van der Waals surface area contributed by atoms with Gasteiger partial charge in [-0.3, -0.25) is 9.69 Å². The number of carbonyl (C=O) groups is 1. The van der Waals surface area contributed by atoms with Crippen molar-refractivity contribution in [1.82, 2.24) is 10.2 Å². The zero-order chi connectivity index (χ0) is 16.8. The van der Waals surface area contributed by atoms with Gasteiger partial charge in [-0.05, 0) is 50.4 Å². The van der Waals surface area contributed by atoms with E-state index in [-0.39, 0.29) is 18.0 Å². The van der Waals surface area contributed by atoms with Crippen molar-refractivity contribution in [2.75, 3.05) is 26.8 Å². The van der Waals surface area contributed by atoms with Crippen LogP contribution in [0.2, 0.25) is 5.02 Å². The Morgan fingerprint density at radius 2 is 1.91 bits per heavy atom. The van der Waals surface area contributed by atoms with Crippen LogP contribution >= 0.6 is 11.6 Å². The second-order valence-corrected chi connectivity index (χ2v) is 6.89. The fourth-order valence-electron chi connectivity index (χ4n) is 2.91. The summed E-state index contributed by atoms with van der Waals surface area (Å²) in [5.74, 6) is 0.419. The molecule has 1 fully saturated rings. The molecule has 0 saturated carbocycles. The van der Waals surface area contributed by atoms with Crippen molar-refractivity contribution < 1.29 is 9.53 Å². The number of benzene rings is 1. The monoisotopic (exact) mass is 338 g/mol. The number of hydrogen-bond acceptors (Lipinski definition) is 3. The Kier molecular flexibility index (Phi) is 6.88. The van der Waals surface area contributed by atoms with Crippen molar-refractivity contribution >= 4 is 17.5 Å². The lowest BCUT2D eigenvalue weighted by atomic mass is 9.93. The molecular formula is C18H27ClN2O2. The van der Waals surface area contributed by atoms with Crippen molar-refractivity contribution in [3.63, 3.8) is 0 Å². The maximum absolute atomic E-state index is 12.2. The van der Waals surface area contributed by atoms with Crippen LogP contribution in [0.4, 0.5) is 0 Å². The summed E-state index contributed by atoms with van der Waals surface area (Å²) in [4.78, 5) is 14.3. The number of carbonyl (C=O) groups excluding carboxylic acids is 1. The van der Waals surface area contributed by atoms with Crippen molar-refractivity contribution in [1.29, 1.82) is 0 Å². The van der Waals surface area contributed by atoms with Crippen LogP contribution in [0.15, 0.2) is 24.3 Å². The maximum Gasteiger partial charge on any atom is 0.234 e. The quantitative estimate of drug-likeness (QED) is 0.866. The molecule has 5 heteroatoms. The van der Waals surface area contributed by atoms with Crippen molar-refractivity contribution in [3.8, 4) is 0 Å². The average molecular weight is 339 g/mol. The molecule has 1 amide bonds. The SMILES string of the molecule is C[C@H](c1ccc(Cl)cc1)[C@@H](C)N(C)CC(=O)NC1CCOCC1. The van der Waals surface area contributed by atoms with E-state index in [1.165, 1.54) is 5.56 Å². The fourth-order valence-corrected chi connectivity index (χ4v) is 3.04. The molecule has 1 heterocycles. The lowest BCUT2D eigenvalue weighted by Crippen LogP contribution is -2.46. The number of nitrogens with zero attached hydrogens (tertiary/aromatic N) is 1. The minimum absolute atomic E-state index is 0.0922. The zero-order valence-electron chi connectivity index (χ0n) is 14.2. The van der Waals surface area contributed by atoms with E-state index < -0.39 is 0 Å². The zero-order valence-corrected chi connectivity index (χ0v) is 15.0. The van der Waals surface area contributed by atoms with E-state index in [0.29, 0.717) is 12.5 Å². The third-order valence-electron chi connectivity index (χ3n) is 4.79. The molecule has 1 aliphatic rings. The standard InChI is InChI=1S/C18H27ClN2O2/c1-13(15-4-6-16(19)7-5-15)14(2)21(3)12-18(22)20-17-8-10-23-11-9-17/h4-7,13-14,17H,8-12H2,1-3H3,(H,20,22)/t13-,14+/m0/s1. The summed E-state index contributed by atoms with van der Waals surface area (Å²) in [6, 6.07) is 8.46. The van der Waals surface area contributed by atoms with Crippen LogP contribution < -0.4 is 5.32 Å². The summed E-state index contributed by atoms with van der Waals surface area (Å²) in [5, 5.41) is 3.86. The first-order valence-corrected chi connectivity index (χ1v) is 8.68. The van der Waals surface area contributed by atoms with Crippen molar-refractivity contribution in [2.24, 2.45) is 0 Å². The summed E-state index contributed by atoms with van der Waals surface area (Å²) < 4.78 is 5.32. The lowest BCUT2D eigenvalue weighted by molar-refractivity contribution is -0.123. The van der Waals surface area contributed by atoms with E-state index in [1.807, 2.05) is 19.2 Å². The lowest BCUT2D eigenvalue weighted by Gasteiger charge is -2.31. The van der Waals surface area contributed by atoms with Crippen LogP contribution in [0.25, 0.3) is 0 Å². The molecular weight excluding hydrogens is 312 g/mol. The molecule has 0 unspecified atom stereocenters. The van der Waals surface area contributed by atoms with Gasteiger partial charge in [0.05, 0.1) is 6.54 Å². The molecule has 1 saturated heterocycles. The van der Waals surface area contributed by atoms with Crippen LogP contribution in [0.3, 0.4) is 0 Å². The van der Waals surface area contributed by atoms with Gasteiger partial charge in [-0.1, -0.05) is 30.7 Å². The van der Waals surface area contributed by atoms with Gasteiger partial charge < -0.3 is 10.1 Å². The van der Waals surface area contributed by atoms with Gasteiger partial charge in [0.15, 0.2) is 0 Å². The Hall–Kier alpha value is -1.10. The number of likely N-dealkylation sites (N-methyl/N-ethyl adjacent to an activating group) is 1.